The minimum Gasteiger partial charge on any atom is -0.314 e. The first-order chi connectivity index (χ1) is 9.25. The molecule has 1 aliphatic heterocycles. The molecule has 1 aromatic rings. The SMILES string of the molecule is Fc1ccc([C@H](C2CCC2)N2CCNCC2)cc1F. The van der Waals surface area contributed by atoms with E-state index in [0.717, 1.165) is 31.7 Å². The van der Waals surface area contributed by atoms with Crippen LogP contribution < -0.4 is 5.32 Å². The molecule has 1 N–H and O–H groups in total. The number of piperazine rings is 1. The van der Waals surface area contributed by atoms with E-state index in [2.05, 4.69) is 10.2 Å². The number of hydrogen-bond donors (Lipinski definition) is 1. The van der Waals surface area contributed by atoms with Gasteiger partial charge in [0.25, 0.3) is 0 Å². The molecule has 19 heavy (non-hydrogen) atoms. The van der Waals surface area contributed by atoms with Gasteiger partial charge in [0.15, 0.2) is 11.6 Å². The highest BCUT2D eigenvalue weighted by molar-refractivity contribution is 5.23. The molecule has 0 radical (unpaired) electrons. The van der Waals surface area contributed by atoms with E-state index in [0.29, 0.717) is 5.92 Å². The Labute approximate surface area is 112 Å². The highest BCUT2D eigenvalue weighted by Crippen LogP contribution is 2.41. The molecule has 2 fully saturated rings. The Morgan fingerprint density at radius 2 is 1.84 bits per heavy atom. The molecule has 0 amide bonds. The van der Waals surface area contributed by atoms with Gasteiger partial charge in [-0.15, -0.1) is 0 Å². The lowest BCUT2D eigenvalue weighted by atomic mass is 9.76. The molecule has 0 aromatic heterocycles. The van der Waals surface area contributed by atoms with Gasteiger partial charge in [-0.05, 0) is 36.5 Å². The molecule has 104 valence electrons. The van der Waals surface area contributed by atoms with E-state index in [1.54, 1.807) is 6.07 Å². The molecular weight excluding hydrogens is 246 g/mol. The monoisotopic (exact) mass is 266 g/mol. The minimum atomic E-state index is -0.753. The van der Waals surface area contributed by atoms with Crippen molar-refractivity contribution in [3.63, 3.8) is 0 Å². The average molecular weight is 266 g/mol. The van der Waals surface area contributed by atoms with E-state index in [-0.39, 0.29) is 6.04 Å². The zero-order valence-corrected chi connectivity index (χ0v) is 11.0. The Morgan fingerprint density at radius 1 is 1.11 bits per heavy atom. The number of nitrogens with zero attached hydrogens (tertiary/aromatic N) is 1. The Balaban J connectivity index is 1.86. The van der Waals surface area contributed by atoms with Crippen molar-refractivity contribution in [3.05, 3.63) is 35.4 Å². The van der Waals surface area contributed by atoms with Gasteiger partial charge in [-0.25, -0.2) is 8.78 Å². The zero-order valence-electron chi connectivity index (χ0n) is 11.0. The normalized spacial score (nSPS) is 23.1. The van der Waals surface area contributed by atoms with Crippen LogP contribution in [0.1, 0.15) is 30.9 Å². The summed E-state index contributed by atoms with van der Waals surface area (Å²) in [5.41, 5.74) is 0.936. The average Bonchev–Trinajstić information content (AvgIpc) is 2.38. The molecule has 1 aliphatic carbocycles. The van der Waals surface area contributed by atoms with Gasteiger partial charge >= 0.3 is 0 Å². The van der Waals surface area contributed by atoms with Crippen LogP contribution in [0.5, 0.6) is 0 Å². The van der Waals surface area contributed by atoms with Gasteiger partial charge in [0.2, 0.25) is 0 Å². The van der Waals surface area contributed by atoms with Crippen molar-refractivity contribution in [1.29, 1.82) is 0 Å². The summed E-state index contributed by atoms with van der Waals surface area (Å²) in [5, 5.41) is 3.34. The van der Waals surface area contributed by atoms with Crippen LogP contribution in [-0.2, 0) is 0 Å². The summed E-state index contributed by atoms with van der Waals surface area (Å²) in [6.07, 6.45) is 3.66. The number of halogens is 2. The lowest BCUT2D eigenvalue weighted by Gasteiger charge is -2.43. The van der Waals surface area contributed by atoms with Crippen LogP contribution >= 0.6 is 0 Å². The molecule has 3 rings (SSSR count). The van der Waals surface area contributed by atoms with Crippen molar-refractivity contribution in [3.8, 4) is 0 Å². The van der Waals surface area contributed by atoms with Crippen molar-refractivity contribution < 1.29 is 8.78 Å². The van der Waals surface area contributed by atoms with Gasteiger partial charge in [0.1, 0.15) is 0 Å². The Hall–Kier alpha value is -1.00. The lowest BCUT2D eigenvalue weighted by Crippen LogP contribution is -2.47. The molecular formula is C15H20F2N2. The second-order valence-corrected chi connectivity index (χ2v) is 5.60. The minimum absolute atomic E-state index is 0.256. The third-order valence-corrected chi connectivity index (χ3v) is 4.43. The van der Waals surface area contributed by atoms with E-state index < -0.39 is 11.6 Å². The topological polar surface area (TPSA) is 15.3 Å². The molecule has 2 nitrogen and oxygen atoms in total. The Morgan fingerprint density at radius 3 is 2.42 bits per heavy atom. The van der Waals surface area contributed by atoms with Crippen LogP contribution in [-0.4, -0.2) is 31.1 Å². The first-order valence-electron chi connectivity index (χ1n) is 7.15. The highest BCUT2D eigenvalue weighted by Gasteiger charge is 2.33. The van der Waals surface area contributed by atoms with E-state index in [9.17, 15) is 8.78 Å². The van der Waals surface area contributed by atoms with Crippen LogP contribution in [0.25, 0.3) is 0 Å². The second kappa shape index (κ2) is 5.55. The van der Waals surface area contributed by atoms with Gasteiger partial charge in [-0.1, -0.05) is 12.5 Å². The van der Waals surface area contributed by atoms with E-state index in [4.69, 9.17) is 0 Å². The third-order valence-electron chi connectivity index (χ3n) is 4.43. The molecule has 0 bridgehead atoms. The van der Waals surface area contributed by atoms with Crippen LogP contribution in [0.3, 0.4) is 0 Å². The summed E-state index contributed by atoms with van der Waals surface area (Å²) < 4.78 is 26.6. The second-order valence-electron chi connectivity index (χ2n) is 5.60. The van der Waals surface area contributed by atoms with Gasteiger partial charge in [-0.3, -0.25) is 4.90 Å². The third kappa shape index (κ3) is 2.65. The Bertz CT molecular complexity index is 440. The molecule has 1 aromatic carbocycles. The molecule has 1 saturated heterocycles. The summed E-state index contributed by atoms with van der Waals surface area (Å²) in [7, 11) is 0. The number of nitrogens with one attached hydrogen (secondary N) is 1. The highest BCUT2D eigenvalue weighted by atomic mass is 19.2. The first-order valence-corrected chi connectivity index (χ1v) is 7.15. The van der Waals surface area contributed by atoms with Crippen LogP contribution in [0.2, 0.25) is 0 Å². The number of rotatable bonds is 3. The predicted molar refractivity (Wildman–Crippen MR) is 70.9 cm³/mol. The summed E-state index contributed by atoms with van der Waals surface area (Å²) in [6, 6.07) is 4.66. The van der Waals surface area contributed by atoms with Crippen LogP contribution in [0.15, 0.2) is 18.2 Å². The predicted octanol–water partition coefficient (Wildman–Crippen LogP) is 2.71. The maximum atomic E-state index is 13.5. The Kier molecular flexibility index (Phi) is 3.80. The smallest absolute Gasteiger partial charge is 0.159 e. The largest absolute Gasteiger partial charge is 0.314 e. The zero-order chi connectivity index (χ0) is 13.2. The fourth-order valence-electron chi connectivity index (χ4n) is 3.19. The van der Waals surface area contributed by atoms with Crippen LogP contribution in [0, 0.1) is 17.6 Å². The van der Waals surface area contributed by atoms with Crippen LogP contribution in [0.4, 0.5) is 8.78 Å². The maximum absolute atomic E-state index is 13.5. The quantitative estimate of drug-likeness (QED) is 0.905. The summed E-state index contributed by atoms with van der Waals surface area (Å²) in [5.74, 6) is -0.878. The standard InChI is InChI=1S/C15H20F2N2/c16-13-5-4-12(10-14(13)17)15(11-2-1-3-11)19-8-6-18-7-9-19/h4-5,10-11,15,18H,1-3,6-9H2/t15-/m0/s1. The van der Waals surface area contributed by atoms with Gasteiger partial charge < -0.3 is 5.32 Å². The number of benzene rings is 1. The molecule has 1 atom stereocenters. The fourth-order valence-corrected chi connectivity index (χ4v) is 3.19. The molecule has 0 unspecified atom stereocenters. The van der Waals surface area contributed by atoms with Gasteiger partial charge in [-0.2, -0.15) is 0 Å². The molecule has 4 heteroatoms. The van der Waals surface area contributed by atoms with E-state index >= 15 is 0 Å². The van der Waals surface area contributed by atoms with Crippen molar-refractivity contribution >= 4 is 0 Å². The van der Waals surface area contributed by atoms with Crippen molar-refractivity contribution in [1.82, 2.24) is 10.2 Å². The summed E-state index contributed by atoms with van der Waals surface area (Å²) in [4.78, 5) is 2.42. The van der Waals surface area contributed by atoms with E-state index in [1.807, 2.05) is 0 Å². The van der Waals surface area contributed by atoms with Crippen molar-refractivity contribution in [2.45, 2.75) is 25.3 Å². The molecule has 1 saturated carbocycles. The first kappa shape index (κ1) is 13.0. The maximum Gasteiger partial charge on any atom is 0.159 e. The molecule has 0 spiro atoms. The lowest BCUT2D eigenvalue weighted by molar-refractivity contribution is 0.0834. The number of hydrogen-bond acceptors (Lipinski definition) is 2. The molecule has 1 heterocycles. The summed E-state index contributed by atoms with van der Waals surface area (Å²) >= 11 is 0. The van der Waals surface area contributed by atoms with Gasteiger partial charge in [0, 0.05) is 32.2 Å². The summed E-state index contributed by atoms with van der Waals surface area (Å²) in [6.45, 7) is 3.93. The fraction of sp³-hybridized carbons (Fsp3) is 0.600. The van der Waals surface area contributed by atoms with Gasteiger partial charge in [0.05, 0.1) is 0 Å². The molecule has 2 aliphatic rings. The van der Waals surface area contributed by atoms with Crippen molar-refractivity contribution in [2.24, 2.45) is 5.92 Å². The van der Waals surface area contributed by atoms with E-state index in [1.165, 1.54) is 31.4 Å². The van der Waals surface area contributed by atoms with Crippen molar-refractivity contribution in [2.75, 3.05) is 26.2 Å².